The number of hydrogen-bond donors (Lipinski definition) is 5. The highest BCUT2D eigenvalue weighted by atomic mass is 31.2. The summed E-state index contributed by atoms with van der Waals surface area (Å²) >= 11 is 0. The Morgan fingerprint density at radius 2 is 1.14 bits per heavy atom. The van der Waals surface area contributed by atoms with Crippen LogP contribution in [0.5, 0.6) is 0 Å². The van der Waals surface area contributed by atoms with Crippen LogP contribution in [-0.4, -0.2) is 59.0 Å². The van der Waals surface area contributed by atoms with Crippen molar-refractivity contribution in [1.82, 2.24) is 5.32 Å². The maximum Gasteiger partial charge on any atom is 0.472 e. The summed E-state index contributed by atoms with van der Waals surface area (Å²) in [6.45, 7) is 3.97. The maximum absolute atomic E-state index is 12.7. The van der Waals surface area contributed by atoms with Crippen LogP contribution < -0.4 is 11.1 Å². The summed E-state index contributed by atoms with van der Waals surface area (Å²) in [5.41, 5.74) is 5.32. The van der Waals surface area contributed by atoms with Crippen molar-refractivity contribution in [3.8, 4) is 0 Å². The van der Waals surface area contributed by atoms with Gasteiger partial charge in [-0.3, -0.25) is 13.8 Å². The SMILES string of the molecule is CCCCCCCCCCCCCCCC(O)CC(=O)NC(COP(=O)(O)OCCN)C(O)CCCCCCCCC. The lowest BCUT2D eigenvalue weighted by Crippen LogP contribution is -2.47. The largest absolute Gasteiger partial charge is 0.472 e. The van der Waals surface area contributed by atoms with Crippen molar-refractivity contribution in [3.63, 3.8) is 0 Å². The number of amides is 1. The van der Waals surface area contributed by atoms with Gasteiger partial charge in [0.15, 0.2) is 0 Å². The number of carbonyl (C=O) groups is 1. The second-order valence-corrected chi connectivity index (χ2v) is 13.4. The summed E-state index contributed by atoms with van der Waals surface area (Å²) in [6.07, 6.45) is 23.1. The molecule has 0 rings (SSSR count). The van der Waals surface area contributed by atoms with Crippen LogP contribution in [0.2, 0.25) is 0 Å². The Bertz CT molecular complexity index is 656. The molecule has 0 bridgehead atoms. The van der Waals surface area contributed by atoms with Crippen molar-refractivity contribution in [2.45, 2.75) is 180 Å². The first-order chi connectivity index (χ1) is 20.3. The zero-order valence-electron chi connectivity index (χ0n) is 27.1. The van der Waals surface area contributed by atoms with E-state index in [0.29, 0.717) is 12.8 Å². The van der Waals surface area contributed by atoms with Crippen LogP contribution in [0.1, 0.15) is 162 Å². The van der Waals surface area contributed by atoms with Gasteiger partial charge in [-0.2, -0.15) is 0 Å². The number of rotatable bonds is 32. The summed E-state index contributed by atoms with van der Waals surface area (Å²) in [7, 11) is -4.35. The predicted octanol–water partition coefficient (Wildman–Crippen LogP) is 7.30. The number of hydrogen-bond acceptors (Lipinski definition) is 7. The molecule has 0 radical (unpaired) electrons. The van der Waals surface area contributed by atoms with E-state index in [4.69, 9.17) is 14.8 Å². The van der Waals surface area contributed by atoms with E-state index >= 15 is 0 Å². The molecular formula is C32H67N2O7P. The quantitative estimate of drug-likeness (QED) is 0.0387. The van der Waals surface area contributed by atoms with Crippen molar-refractivity contribution >= 4 is 13.7 Å². The number of unbranched alkanes of at least 4 members (excludes halogenated alkanes) is 18. The lowest BCUT2D eigenvalue weighted by Gasteiger charge is -2.25. The molecule has 1 amide bonds. The average molecular weight is 623 g/mol. The van der Waals surface area contributed by atoms with Crippen molar-refractivity contribution in [2.24, 2.45) is 5.73 Å². The zero-order chi connectivity index (χ0) is 31.3. The first kappa shape index (κ1) is 41.5. The highest BCUT2D eigenvalue weighted by Gasteiger charge is 2.28. The average Bonchev–Trinajstić information content (AvgIpc) is 2.96. The highest BCUT2D eigenvalue weighted by Crippen LogP contribution is 2.43. The summed E-state index contributed by atoms with van der Waals surface area (Å²) in [4.78, 5) is 22.5. The Morgan fingerprint density at radius 1 is 0.714 bits per heavy atom. The molecule has 0 fully saturated rings. The molecule has 0 saturated heterocycles. The van der Waals surface area contributed by atoms with E-state index in [0.717, 1.165) is 44.9 Å². The van der Waals surface area contributed by atoms with Gasteiger partial charge >= 0.3 is 7.82 Å². The van der Waals surface area contributed by atoms with Crippen molar-refractivity contribution in [3.05, 3.63) is 0 Å². The second kappa shape index (κ2) is 29.2. The number of phosphoric acid groups is 1. The molecule has 42 heavy (non-hydrogen) atoms. The van der Waals surface area contributed by atoms with Crippen LogP contribution in [0.15, 0.2) is 0 Å². The molecular weight excluding hydrogens is 555 g/mol. The molecule has 0 aromatic heterocycles. The Kier molecular flexibility index (Phi) is 28.8. The number of aliphatic hydroxyl groups is 2. The smallest absolute Gasteiger partial charge is 0.393 e. The van der Waals surface area contributed by atoms with Gasteiger partial charge < -0.3 is 26.2 Å². The van der Waals surface area contributed by atoms with E-state index < -0.39 is 32.0 Å². The van der Waals surface area contributed by atoms with Crippen LogP contribution in [-0.2, 0) is 18.4 Å². The topological polar surface area (TPSA) is 151 Å². The molecule has 0 aliphatic rings. The van der Waals surface area contributed by atoms with Crippen LogP contribution in [0.3, 0.4) is 0 Å². The van der Waals surface area contributed by atoms with Crippen molar-refractivity contribution in [1.29, 1.82) is 0 Å². The fraction of sp³-hybridized carbons (Fsp3) is 0.969. The van der Waals surface area contributed by atoms with E-state index in [-0.39, 0.29) is 26.2 Å². The van der Waals surface area contributed by atoms with Crippen molar-refractivity contribution in [2.75, 3.05) is 19.8 Å². The van der Waals surface area contributed by atoms with Gasteiger partial charge in [-0.05, 0) is 12.8 Å². The Morgan fingerprint density at radius 3 is 1.60 bits per heavy atom. The van der Waals surface area contributed by atoms with Gasteiger partial charge in [0.2, 0.25) is 5.91 Å². The minimum Gasteiger partial charge on any atom is -0.393 e. The third-order valence-electron chi connectivity index (χ3n) is 7.77. The highest BCUT2D eigenvalue weighted by molar-refractivity contribution is 7.47. The molecule has 9 nitrogen and oxygen atoms in total. The van der Waals surface area contributed by atoms with Crippen molar-refractivity contribution < 1.29 is 33.5 Å². The van der Waals surface area contributed by atoms with Gasteiger partial charge in [0, 0.05) is 6.54 Å². The van der Waals surface area contributed by atoms with E-state index in [2.05, 4.69) is 19.2 Å². The molecule has 252 valence electrons. The molecule has 0 aromatic carbocycles. The number of carbonyl (C=O) groups excluding carboxylic acids is 1. The first-order valence-electron chi connectivity index (χ1n) is 17.2. The number of phosphoric ester groups is 1. The summed E-state index contributed by atoms with van der Waals surface area (Å²) < 4.78 is 21.9. The molecule has 0 aliphatic heterocycles. The van der Waals surface area contributed by atoms with Gasteiger partial charge in [-0.1, -0.05) is 142 Å². The molecule has 0 saturated carbocycles. The molecule has 0 aliphatic carbocycles. The summed E-state index contributed by atoms with van der Waals surface area (Å²) in [5, 5.41) is 23.9. The van der Waals surface area contributed by atoms with Gasteiger partial charge in [-0.25, -0.2) is 4.57 Å². The van der Waals surface area contributed by atoms with E-state index in [1.54, 1.807) is 0 Å². The molecule has 0 heterocycles. The Labute approximate surface area is 257 Å². The molecule has 10 heteroatoms. The molecule has 0 spiro atoms. The van der Waals surface area contributed by atoms with E-state index in [9.17, 15) is 24.5 Å². The summed E-state index contributed by atoms with van der Waals surface area (Å²) in [6, 6.07) is -0.886. The van der Waals surface area contributed by atoms with Gasteiger partial charge in [0.25, 0.3) is 0 Å². The van der Waals surface area contributed by atoms with Crippen LogP contribution in [0.4, 0.5) is 0 Å². The number of nitrogens with two attached hydrogens (primary N) is 1. The normalized spacial score (nSPS) is 15.3. The number of aliphatic hydroxyl groups excluding tert-OH is 2. The minimum absolute atomic E-state index is 0.0616. The second-order valence-electron chi connectivity index (χ2n) is 11.9. The standard InChI is InChI=1S/C32H67N2O7P/c1-3-5-7-9-11-12-13-14-15-16-18-19-21-23-29(35)27-32(37)34-30(28-41-42(38,39)40-26-25-33)31(36)24-22-20-17-10-8-6-4-2/h29-31,35-36H,3-28,33H2,1-2H3,(H,34,37)(H,38,39). The minimum atomic E-state index is -4.35. The summed E-state index contributed by atoms with van der Waals surface area (Å²) in [5.74, 6) is -0.417. The van der Waals surface area contributed by atoms with Gasteiger partial charge in [-0.15, -0.1) is 0 Å². The first-order valence-corrected chi connectivity index (χ1v) is 18.7. The third-order valence-corrected chi connectivity index (χ3v) is 8.75. The lowest BCUT2D eigenvalue weighted by atomic mass is 10.0. The molecule has 4 atom stereocenters. The van der Waals surface area contributed by atoms with Crippen LogP contribution >= 0.6 is 7.82 Å². The molecule has 0 aromatic rings. The lowest BCUT2D eigenvalue weighted by molar-refractivity contribution is -0.125. The van der Waals surface area contributed by atoms with E-state index in [1.807, 2.05) is 0 Å². The third kappa shape index (κ3) is 27.0. The maximum atomic E-state index is 12.7. The number of nitrogens with one attached hydrogen (secondary N) is 1. The fourth-order valence-electron chi connectivity index (χ4n) is 5.12. The zero-order valence-corrected chi connectivity index (χ0v) is 28.0. The Hall–Kier alpha value is -0.540. The van der Waals surface area contributed by atoms with E-state index in [1.165, 1.54) is 83.5 Å². The van der Waals surface area contributed by atoms with Crippen LogP contribution in [0, 0.1) is 0 Å². The molecule has 6 N–H and O–H groups in total. The fourth-order valence-corrected chi connectivity index (χ4v) is 5.88. The van der Waals surface area contributed by atoms with Gasteiger partial charge in [0.1, 0.15) is 0 Å². The Balaban J connectivity index is 4.32. The predicted molar refractivity (Wildman–Crippen MR) is 172 cm³/mol. The monoisotopic (exact) mass is 622 g/mol. The van der Waals surface area contributed by atoms with Gasteiger partial charge in [0.05, 0.1) is 37.9 Å². The molecule has 4 unspecified atom stereocenters. The van der Waals surface area contributed by atoms with Crippen LogP contribution in [0.25, 0.3) is 0 Å².